The van der Waals surface area contributed by atoms with E-state index in [4.69, 9.17) is 15.2 Å². The molecule has 0 saturated heterocycles. The first-order valence-corrected chi connectivity index (χ1v) is 7.10. The number of nitrogens with two attached hydrogens (primary N) is 1. The van der Waals surface area contributed by atoms with E-state index in [0.717, 1.165) is 0 Å². The number of amides is 1. The van der Waals surface area contributed by atoms with E-state index in [0.29, 0.717) is 11.1 Å². The van der Waals surface area contributed by atoms with E-state index >= 15 is 0 Å². The molecule has 6 nitrogen and oxygen atoms in total. The summed E-state index contributed by atoms with van der Waals surface area (Å²) in [5.41, 5.74) is 5.86. The Morgan fingerprint density at radius 3 is 2.36 bits per heavy atom. The Bertz CT molecular complexity index is 762. The molecular formula is C17H15F2NO5. The topological polar surface area (TPSA) is 87.9 Å². The first kappa shape index (κ1) is 18.2. The van der Waals surface area contributed by atoms with E-state index < -0.39 is 24.2 Å². The van der Waals surface area contributed by atoms with Crippen molar-refractivity contribution in [2.75, 3.05) is 7.11 Å². The van der Waals surface area contributed by atoms with Gasteiger partial charge in [-0.3, -0.25) is 4.79 Å². The predicted molar refractivity (Wildman–Crippen MR) is 83.7 cm³/mol. The number of rotatable bonds is 7. The number of carbonyl (C=O) groups is 2. The molecule has 8 heteroatoms. The minimum absolute atomic E-state index is 0.0134. The third-order valence-corrected chi connectivity index (χ3v) is 3.23. The van der Waals surface area contributed by atoms with Gasteiger partial charge in [0.25, 0.3) is 0 Å². The largest absolute Gasteiger partial charge is 0.493 e. The Balaban J connectivity index is 2.13. The van der Waals surface area contributed by atoms with Crippen LogP contribution in [0.3, 0.4) is 0 Å². The summed E-state index contributed by atoms with van der Waals surface area (Å²) in [7, 11) is 1.27. The van der Waals surface area contributed by atoms with Crippen LogP contribution in [0.15, 0.2) is 42.5 Å². The van der Waals surface area contributed by atoms with Gasteiger partial charge in [0.1, 0.15) is 12.2 Å². The summed E-state index contributed by atoms with van der Waals surface area (Å²) in [5, 5.41) is 0. The molecule has 1 amide bonds. The zero-order valence-corrected chi connectivity index (χ0v) is 13.2. The summed E-state index contributed by atoms with van der Waals surface area (Å²) in [6.07, 6.45) is 0. The zero-order valence-electron chi connectivity index (χ0n) is 13.2. The number of ether oxygens (including phenoxy) is 3. The molecule has 132 valence electrons. The minimum atomic E-state index is -3.12. The predicted octanol–water partition coefficient (Wildman–Crippen LogP) is 2.75. The zero-order chi connectivity index (χ0) is 18.4. The number of alkyl halides is 2. The number of para-hydroxylation sites is 1. The molecule has 0 aliphatic carbocycles. The Labute approximate surface area is 142 Å². The van der Waals surface area contributed by atoms with Crippen LogP contribution in [0.5, 0.6) is 11.5 Å². The highest BCUT2D eigenvalue weighted by Crippen LogP contribution is 2.33. The second-order valence-electron chi connectivity index (χ2n) is 4.85. The molecule has 0 aliphatic heterocycles. The standard InChI is InChI=1S/C17H15F2NO5/c1-23-13-4-2-3-12(14(13)25-17(18)19)16(22)24-9-10-5-7-11(8-6-10)15(20)21/h2-8,17H,9H2,1H3,(H2,20,21). The molecule has 0 heterocycles. The average molecular weight is 351 g/mol. The van der Waals surface area contributed by atoms with Gasteiger partial charge in [-0.25, -0.2) is 4.79 Å². The summed E-state index contributed by atoms with van der Waals surface area (Å²) in [4.78, 5) is 23.2. The van der Waals surface area contributed by atoms with Gasteiger partial charge in [-0.2, -0.15) is 8.78 Å². The maximum absolute atomic E-state index is 12.6. The van der Waals surface area contributed by atoms with Gasteiger partial charge in [-0.1, -0.05) is 18.2 Å². The van der Waals surface area contributed by atoms with Gasteiger partial charge < -0.3 is 19.9 Å². The lowest BCUT2D eigenvalue weighted by atomic mass is 10.1. The Morgan fingerprint density at radius 2 is 1.80 bits per heavy atom. The van der Waals surface area contributed by atoms with Crippen molar-refractivity contribution < 1.29 is 32.6 Å². The molecule has 2 rings (SSSR count). The fourth-order valence-electron chi connectivity index (χ4n) is 2.04. The number of primary amides is 1. The summed E-state index contributed by atoms with van der Waals surface area (Å²) in [6.45, 7) is -3.24. The molecular weight excluding hydrogens is 336 g/mol. The lowest BCUT2D eigenvalue weighted by Crippen LogP contribution is -2.12. The SMILES string of the molecule is COc1cccc(C(=O)OCc2ccc(C(N)=O)cc2)c1OC(F)F. The van der Waals surface area contributed by atoms with Crippen molar-refractivity contribution in [3.8, 4) is 11.5 Å². The molecule has 2 aromatic rings. The van der Waals surface area contributed by atoms with Crippen LogP contribution in [-0.4, -0.2) is 25.6 Å². The molecule has 0 spiro atoms. The van der Waals surface area contributed by atoms with Gasteiger partial charge in [0.2, 0.25) is 5.91 Å². The van der Waals surface area contributed by atoms with Gasteiger partial charge in [-0.05, 0) is 29.8 Å². The summed E-state index contributed by atoms with van der Waals surface area (Å²) in [5.74, 6) is -1.84. The van der Waals surface area contributed by atoms with Gasteiger partial charge in [0, 0.05) is 5.56 Å². The van der Waals surface area contributed by atoms with Crippen LogP contribution in [0.4, 0.5) is 8.78 Å². The average Bonchev–Trinajstić information content (AvgIpc) is 2.59. The van der Waals surface area contributed by atoms with E-state index in [-0.39, 0.29) is 17.9 Å². The minimum Gasteiger partial charge on any atom is -0.493 e. The molecule has 0 bridgehead atoms. The number of methoxy groups -OCH3 is 1. The number of esters is 1. The van der Waals surface area contributed by atoms with Crippen LogP contribution in [-0.2, 0) is 11.3 Å². The second kappa shape index (κ2) is 8.09. The molecule has 0 radical (unpaired) electrons. The molecule has 0 fully saturated rings. The number of carbonyl (C=O) groups excluding carboxylic acids is 2. The molecule has 2 aromatic carbocycles. The molecule has 0 aromatic heterocycles. The highest BCUT2D eigenvalue weighted by atomic mass is 19.3. The fourth-order valence-corrected chi connectivity index (χ4v) is 2.04. The van der Waals surface area contributed by atoms with Crippen molar-refractivity contribution in [2.45, 2.75) is 13.2 Å². The lowest BCUT2D eigenvalue weighted by molar-refractivity contribution is -0.0518. The molecule has 2 N–H and O–H groups in total. The van der Waals surface area contributed by atoms with Crippen molar-refractivity contribution in [1.29, 1.82) is 0 Å². The van der Waals surface area contributed by atoms with E-state index in [1.807, 2.05) is 0 Å². The van der Waals surface area contributed by atoms with Gasteiger partial charge in [0.15, 0.2) is 11.5 Å². The molecule has 0 saturated carbocycles. The quantitative estimate of drug-likeness (QED) is 0.775. The third kappa shape index (κ3) is 4.66. The van der Waals surface area contributed by atoms with Crippen LogP contribution in [0, 0.1) is 0 Å². The monoisotopic (exact) mass is 351 g/mol. The smallest absolute Gasteiger partial charge is 0.387 e. The Morgan fingerprint density at radius 1 is 1.12 bits per heavy atom. The fraction of sp³-hybridized carbons (Fsp3) is 0.176. The Kier molecular flexibility index (Phi) is 5.89. The highest BCUT2D eigenvalue weighted by molar-refractivity contribution is 5.94. The number of hydrogen-bond donors (Lipinski definition) is 1. The Hall–Kier alpha value is -3.16. The van der Waals surface area contributed by atoms with Crippen LogP contribution < -0.4 is 15.2 Å². The van der Waals surface area contributed by atoms with Crippen LogP contribution >= 0.6 is 0 Å². The van der Waals surface area contributed by atoms with Crippen LogP contribution in [0.25, 0.3) is 0 Å². The van der Waals surface area contributed by atoms with Crippen LogP contribution in [0.1, 0.15) is 26.3 Å². The first-order chi connectivity index (χ1) is 11.9. The first-order valence-electron chi connectivity index (χ1n) is 7.10. The summed E-state index contributed by atoms with van der Waals surface area (Å²) in [6, 6.07) is 10.2. The molecule has 0 atom stereocenters. The van der Waals surface area contributed by atoms with Gasteiger partial charge in [-0.15, -0.1) is 0 Å². The third-order valence-electron chi connectivity index (χ3n) is 3.23. The number of halogens is 2. The van der Waals surface area contributed by atoms with Crippen molar-refractivity contribution in [2.24, 2.45) is 5.73 Å². The molecule has 0 unspecified atom stereocenters. The van der Waals surface area contributed by atoms with E-state index in [2.05, 4.69) is 4.74 Å². The van der Waals surface area contributed by atoms with E-state index in [1.165, 1.54) is 37.4 Å². The van der Waals surface area contributed by atoms with Crippen LogP contribution in [0.2, 0.25) is 0 Å². The van der Waals surface area contributed by atoms with Gasteiger partial charge in [0.05, 0.1) is 7.11 Å². The number of benzene rings is 2. The lowest BCUT2D eigenvalue weighted by Gasteiger charge is -2.14. The van der Waals surface area contributed by atoms with Crippen molar-refractivity contribution in [3.05, 3.63) is 59.2 Å². The molecule has 25 heavy (non-hydrogen) atoms. The maximum atomic E-state index is 12.6. The number of hydrogen-bond acceptors (Lipinski definition) is 5. The van der Waals surface area contributed by atoms with Crippen molar-refractivity contribution in [3.63, 3.8) is 0 Å². The van der Waals surface area contributed by atoms with E-state index in [1.54, 1.807) is 12.1 Å². The highest BCUT2D eigenvalue weighted by Gasteiger charge is 2.21. The molecule has 0 aliphatic rings. The maximum Gasteiger partial charge on any atom is 0.387 e. The normalized spacial score (nSPS) is 10.4. The van der Waals surface area contributed by atoms with Crippen molar-refractivity contribution in [1.82, 2.24) is 0 Å². The summed E-state index contributed by atoms with van der Waals surface area (Å²) < 4.78 is 39.5. The van der Waals surface area contributed by atoms with Crippen molar-refractivity contribution >= 4 is 11.9 Å². The second-order valence-corrected chi connectivity index (χ2v) is 4.85. The summed E-state index contributed by atoms with van der Waals surface area (Å²) >= 11 is 0. The van der Waals surface area contributed by atoms with E-state index in [9.17, 15) is 18.4 Å². The van der Waals surface area contributed by atoms with Gasteiger partial charge >= 0.3 is 12.6 Å².